The Bertz CT molecular complexity index is 1170. The lowest BCUT2D eigenvalue weighted by molar-refractivity contribution is 0.387. The van der Waals surface area contributed by atoms with Crippen LogP contribution < -0.4 is 10.0 Å². The van der Waals surface area contributed by atoms with Gasteiger partial charge in [-0.3, -0.25) is 4.57 Å². The summed E-state index contributed by atoms with van der Waals surface area (Å²) >= 11 is 0. The van der Waals surface area contributed by atoms with Crippen LogP contribution in [0.4, 0.5) is 5.95 Å². The Labute approximate surface area is 169 Å². The van der Waals surface area contributed by atoms with Gasteiger partial charge in [0.2, 0.25) is 16.0 Å². The zero-order chi connectivity index (χ0) is 20.4. The second kappa shape index (κ2) is 7.81. The van der Waals surface area contributed by atoms with E-state index in [1.165, 1.54) is 6.26 Å². The van der Waals surface area contributed by atoms with E-state index in [9.17, 15) is 13.7 Å². The van der Waals surface area contributed by atoms with Gasteiger partial charge in [-0.05, 0) is 37.8 Å². The zero-order valence-electron chi connectivity index (χ0n) is 16.0. The van der Waals surface area contributed by atoms with E-state index in [1.54, 1.807) is 12.4 Å². The number of anilines is 1. The number of nitriles is 1. The first-order chi connectivity index (χ1) is 13.9. The Balaban J connectivity index is 1.50. The maximum absolute atomic E-state index is 11.4. The van der Waals surface area contributed by atoms with E-state index in [0.717, 1.165) is 36.6 Å². The first-order valence-corrected chi connectivity index (χ1v) is 11.4. The van der Waals surface area contributed by atoms with E-state index in [0.29, 0.717) is 17.3 Å². The number of rotatable bonds is 5. The molecule has 4 rings (SSSR count). The van der Waals surface area contributed by atoms with E-state index in [2.05, 4.69) is 26.1 Å². The highest BCUT2D eigenvalue weighted by molar-refractivity contribution is 7.88. The maximum Gasteiger partial charge on any atom is 0.224 e. The molecular weight excluding hydrogens is 388 g/mol. The molecule has 0 bridgehead atoms. The summed E-state index contributed by atoms with van der Waals surface area (Å²) in [4.78, 5) is 8.97. The molecule has 1 aliphatic carbocycles. The zero-order valence-corrected chi connectivity index (χ0v) is 16.9. The highest BCUT2D eigenvalue weighted by Gasteiger charge is 2.23. The highest BCUT2D eigenvalue weighted by atomic mass is 32.2. The first kappa shape index (κ1) is 19.4. The van der Waals surface area contributed by atoms with Crippen molar-refractivity contribution in [3.8, 4) is 11.9 Å². The van der Waals surface area contributed by atoms with Crippen LogP contribution in [0.3, 0.4) is 0 Å². The van der Waals surface area contributed by atoms with E-state index >= 15 is 0 Å². The van der Waals surface area contributed by atoms with Crippen LogP contribution in [0.1, 0.15) is 31.2 Å². The number of para-hydroxylation sites is 1. The highest BCUT2D eigenvalue weighted by Crippen LogP contribution is 2.25. The van der Waals surface area contributed by atoms with Gasteiger partial charge in [0.25, 0.3) is 0 Å². The molecule has 2 heterocycles. The minimum atomic E-state index is -3.18. The lowest BCUT2D eigenvalue weighted by Crippen LogP contribution is -2.39. The molecular formula is C20H22N6O2S. The molecule has 2 N–H and O–H groups in total. The molecule has 0 aliphatic heterocycles. The summed E-state index contributed by atoms with van der Waals surface area (Å²) in [5, 5.41) is 13.7. The van der Waals surface area contributed by atoms with Gasteiger partial charge in [0.05, 0.1) is 17.3 Å². The first-order valence-electron chi connectivity index (χ1n) is 9.50. The summed E-state index contributed by atoms with van der Waals surface area (Å²) in [5.74, 6) is 1.21. The quantitative estimate of drug-likeness (QED) is 0.668. The van der Waals surface area contributed by atoms with E-state index < -0.39 is 10.0 Å². The molecule has 9 heteroatoms. The molecule has 150 valence electrons. The minimum Gasteiger partial charge on any atom is -0.351 e. The fourth-order valence-corrected chi connectivity index (χ4v) is 4.69. The molecule has 1 saturated carbocycles. The standard InChI is InChI=1S/C20H22N6O2S/c1-29(27,28)25-16-8-6-15(7-9-16)23-20-22-11-10-19(24-20)26-13-14(12-21)17-4-2-3-5-18(17)26/h2-5,10-11,13,15-16,25H,6-9H2,1H3,(H,22,23,24). The Morgan fingerprint density at radius 2 is 1.86 bits per heavy atom. The molecule has 0 amide bonds. The smallest absolute Gasteiger partial charge is 0.224 e. The third-order valence-electron chi connectivity index (χ3n) is 5.16. The summed E-state index contributed by atoms with van der Waals surface area (Å²) in [5.41, 5.74) is 1.52. The van der Waals surface area contributed by atoms with Gasteiger partial charge in [0.1, 0.15) is 11.9 Å². The van der Waals surface area contributed by atoms with Crippen molar-refractivity contribution in [1.29, 1.82) is 5.26 Å². The van der Waals surface area contributed by atoms with Crippen molar-refractivity contribution >= 4 is 26.9 Å². The van der Waals surface area contributed by atoms with Gasteiger partial charge in [0, 0.05) is 29.9 Å². The third kappa shape index (κ3) is 4.39. The number of hydrogen-bond donors (Lipinski definition) is 2. The van der Waals surface area contributed by atoms with Crippen LogP contribution >= 0.6 is 0 Å². The van der Waals surface area contributed by atoms with Gasteiger partial charge in [-0.15, -0.1) is 0 Å². The van der Waals surface area contributed by atoms with Gasteiger partial charge >= 0.3 is 0 Å². The molecule has 0 unspecified atom stereocenters. The van der Waals surface area contributed by atoms with Crippen molar-refractivity contribution in [2.24, 2.45) is 0 Å². The van der Waals surface area contributed by atoms with Crippen molar-refractivity contribution < 1.29 is 8.42 Å². The van der Waals surface area contributed by atoms with Crippen LogP contribution in [0.5, 0.6) is 0 Å². The van der Waals surface area contributed by atoms with Crippen LogP contribution in [0.15, 0.2) is 42.7 Å². The molecule has 1 aliphatic rings. The number of benzene rings is 1. The summed E-state index contributed by atoms with van der Waals surface area (Å²) in [6.07, 6.45) is 7.91. The number of nitrogens with zero attached hydrogens (tertiary/aromatic N) is 4. The number of fused-ring (bicyclic) bond motifs is 1. The normalized spacial score (nSPS) is 19.7. The minimum absolute atomic E-state index is 0.00839. The maximum atomic E-state index is 11.4. The molecule has 3 aromatic rings. The van der Waals surface area contributed by atoms with E-state index in [-0.39, 0.29) is 12.1 Å². The predicted octanol–water partition coefficient (Wildman–Crippen LogP) is 2.56. The predicted molar refractivity (Wildman–Crippen MR) is 111 cm³/mol. The second-order valence-corrected chi connectivity index (χ2v) is 9.14. The van der Waals surface area contributed by atoms with Crippen molar-refractivity contribution in [3.05, 3.63) is 48.3 Å². The summed E-state index contributed by atoms with van der Waals surface area (Å²) < 4.78 is 27.4. The summed E-state index contributed by atoms with van der Waals surface area (Å²) in [6, 6.07) is 12.0. The van der Waals surface area contributed by atoms with Gasteiger partial charge in [-0.1, -0.05) is 18.2 Å². The summed E-state index contributed by atoms with van der Waals surface area (Å²) in [6.45, 7) is 0. The third-order valence-corrected chi connectivity index (χ3v) is 5.92. The Morgan fingerprint density at radius 1 is 1.14 bits per heavy atom. The molecule has 0 spiro atoms. The fraction of sp³-hybridized carbons (Fsp3) is 0.350. The van der Waals surface area contributed by atoms with Crippen molar-refractivity contribution in [3.63, 3.8) is 0 Å². The largest absolute Gasteiger partial charge is 0.351 e. The van der Waals surface area contributed by atoms with E-state index in [4.69, 9.17) is 0 Å². The number of aromatic nitrogens is 3. The monoisotopic (exact) mass is 410 g/mol. The molecule has 1 fully saturated rings. The molecule has 2 aromatic heterocycles. The van der Waals surface area contributed by atoms with Crippen LogP contribution in [0.25, 0.3) is 16.7 Å². The van der Waals surface area contributed by atoms with Crippen LogP contribution in [-0.2, 0) is 10.0 Å². The van der Waals surface area contributed by atoms with Crippen molar-refractivity contribution in [2.75, 3.05) is 11.6 Å². The Morgan fingerprint density at radius 3 is 2.59 bits per heavy atom. The average Bonchev–Trinajstić information content (AvgIpc) is 3.08. The van der Waals surface area contributed by atoms with Crippen LogP contribution in [0, 0.1) is 11.3 Å². The molecule has 29 heavy (non-hydrogen) atoms. The van der Waals surface area contributed by atoms with Crippen molar-refractivity contribution in [2.45, 2.75) is 37.8 Å². The molecule has 0 radical (unpaired) electrons. The van der Waals surface area contributed by atoms with Crippen LogP contribution in [0.2, 0.25) is 0 Å². The lowest BCUT2D eigenvalue weighted by Gasteiger charge is -2.29. The van der Waals surface area contributed by atoms with Gasteiger partial charge in [0.15, 0.2) is 0 Å². The number of sulfonamides is 1. The Kier molecular flexibility index (Phi) is 5.22. The molecule has 1 aromatic carbocycles. The molecule has 0 atom stereocenters. The average molecular weight is 411 g/mol. The SMILES string of the molecule is CS(=O)(=O)NC1CCC(Nc2nccc(-n3cc(C#N)c4ccccc43)n2)CC1. The van der Waals surface area contributed by atoms with Gasteiger partial charge < -0.3 is 5.32 Å². The van der Waals surface area contributed by atoms with E-state index in [1.807, 2.05) is 34.9 Å². The van der Waals surface area contributed by atoms with Crippen molar-refractivity contribution in [1.82, 2.24) is 19.3 Å². The Hall–Kier alpha value is -2.96. The fourth-order valence-electron chi connectivity index (χ4n) is 3.85. The van der Waals surface area contributed by atoms with Gasteiger partial charge in [-0.2, -0.15) is 10.2 Å². The summed E-state index contributed by atoms with van der Waals surface area (Å²) in [7, 11) is -3.18. The number of nitrogens with one attached hydrogen (secondary N) is 2. The molecule has 0 saturated heterocycles. The molecule has 8 nitrogen and oxygen atoms in total. The topological polar surface area (TPSA) is 113 Å². The number of hydrogen-bond acceptors (Lipinski definition) is 6. The van der Waals surface area contributed by atoms with Crippen LogP contribution in [-0.4, -0.2) is 41.3 Å². The lowest BCUT2D eigenvalue weighted by atomic mass is 9.92. The van der Waals surface area contributed by atoms with Gasteiger partial charge in [-0.25, -0.2) is 18.1 Å². The second-order valence-electron chi connectivity index (χ2n) is 7.36.